The number of hydrogen-bond acceptors (Lipinski definition) is 4. The van der Waals surface area contributed by atoms with Crippen LogP contribution in [0.5, 0.6) is 0 Å². The molecule has 0 saturated carbocycles. The highest BCUT2D eigenvalue weighted by Crippen LogP contribution is 2.38. The number of rotatable bonds is 4. The van der Waals surface area contributed by atoms with Crippen LogP contribution in [0.2, 0.25) is 0 Å². The highest BCUT2D eigenvalue weighted by Gasteiger charge is 2.34. The first-order chi connectivity index (χ1) is 13.4. The molecule has 5 nitrogen and oxygen atoms in total. The van der Waals surface area contributed by atoms with Gasteiger partial charge < -0.3 is 4.90 Å². The van der Waals surface area contributed by atoms with Crippen LogP contribution in [0.15, 0.2) is 58.3 Å². The Labute approximate surface area is 170 Å². The fourth-order valence-corrected chi connectivity index (χ4v) is 6.48. The number of sulfonamides is 1. The number of nitrogens with one attached hydrogen (secondary N) is 1. The number of amides is 1. The van der Waals surface area contributed by atoms with Crippen molar-refractivity contribution in [3.8, 4) is 0 Å². The third kappa shape index (κ3) is 4.11. The van der Waals surface area contributed by atoms with Gasteiger partial charge in [-0.25, -0.2) is 13.1 Å². The van der Waals surface area contributed by atoms with Gasteiger partial charge in [0, 0.05) is 24.0 Å². The van der Waals surface area contributed by atoms with Gasteiger partial charge in [0.1, 0.15) is 0 Å². The van der Waals surface area contributed by atoms with Gasteiger partial charge in [0.15, 0.2) is 0 Å². The lowest BCUT2D eigenvalue weighted by Crippen LogP contribution is -2.48. The van der Waals surface area contributed by atoms with Crippen molar-refractivity contribution >= 4 is 27.7 Å². The Morgan fingerprint density at radius 3 is 2.54 bits per heavy atom. The van der Waals surface area contributed by atoms with Crippen LogP contribution in [-0.2, 0) is 21.2 Å². The third-order valence-corrected chi connectivity index (χ3v) is 8.18. The van der Waals surface area contributed by atoms with E-state index in [2.05, 4.69) is 29.8 Å². The topological polar surface area (TPSA) is 66.5 Å². The fourth-order valence-electron chi connectivity index (χ4n) is 3.78. The molecule has 2 aromatic rings. The Hall–Kier alpha value is -1.83. The van der Waals surface area contributed by atoms with E-state index in [1.54, 1.807) is 42.1 Å². The molecule has 0 aromatic heterocycles. The lowest BCUT2D eigenvalue weighted by molar-refractivity contribution is -0.131. The Morgan fingerprint density at radius 1 is 1.11 bits per heavy atom. The van der Waals surface area contributed by atoms with E-state index in [1.165, 1.54) is 16.0 Å². The first kappa shape index (κ1) is 19.5. The second-order valence-electron chi connectivity index (χ2n) is 7.46. The second kappa shape index (κ2) is 7.89. The van der Waals surface area contributed by atoms with E-state index in [-0.39, 0.29) is 22.1 Å². The molecule has 7 heteroatoms. The van der Waals surface area contributed by atoms with Crippen LogP contribution >= 0.6 is 11.8 Å². The highest BCUT2D eigenvalue weighted by atomic mass is 32.2. The van der Waals surface area contributed by atoms with Gasteiger partial charge in [-0.15, -0.1) is 11.8 Å². The van der Waals surface area contributed by atoms with Crippen molar-refractivity contribution < 1.29 is 13.2 Å². The molecule has 1 atom stereocenters. The number of carbonyl (C=O) groups excluding carboxylic acids is 1. The maximum absolute atomic E-state index is 12.9. The Bertz CT molecular complexity index is 968. The van der Waals surface area contributed by atoms with Gasteiger partial charge in [0.2, 0.25) is 15.9 Å². The van der Waals surface area contributed by atoms with Gasteiger partial charge in [-0.2, -0.15) is 0 Å². The number of aryl methyl sites for hydroxylation is 1. The zero-order valence-electron chi connectivity index (χ0n) is 15.8. The minimum atomic E-state index is -3.51. The van der Waals surface area contributed by atoms with E-state index >= 15 is 0 Å². The molecule has 0 aliphatic carbocycles. The summed E-state index contributed by atoms with van der Waals surface area (Å²) in [5.41, 5.74) is 2.46. The Kier molecular flexibility index (Phi) is 5.49. The van der Waals surface area contributed by atoms with E-state index in [9.17, 15) is 13.2 Å². The molecule has 1 fully saturated rings. The maximum atomic E-state index is 12.9. The molecule has 1 unspecified atom stereocenters. The number of nitrogens with zero attached hydrogens (tertiary/aromatic N) is 1. The zero-order valence-corrected chi connectivity index (χ0v) is 17.4. The van der Waals surface area contributed by atoms with Crippen molar-refractivity contribution in [1.82, 2.24) is 9.62 Å². The summed E-state index contributed by atoms with van der Waals surface area (Å²) in [5, 5.41) is -0.0608. The van der Waals surface area contributed by atoms with E-state index < -0.39 is 10.0 Å². The van der Waals surface area contributed by atoms with Gasteiger partial charge in [-0.3, -0.25) is 4.79 Å². The number of fused-ring (bicyclic) bond motifs is 1. The lowest BCUT2D eigenvalue weighted by Gasteiger charge is -2.33. The second-order valence-corrected chi connectivity index (χ2v) is 10.4. The summed E-state index contributed by atoms with van der Waals surface area (Å²) in [5.74, 6) is 0.170. The van der Waals surface area contributed by atoms with Crippen molar-refractivity contribution in [3.63, 3.8) is 0 Å². The maximum Gasteiger partial charge on any atom is 0.240 e. The molecular formula is C21H24N2O3S2. The number of likely N-dealkylation sites (tertiary alicyclic amines) is 1. The molecule has 0 radical (unpaired) electrons. The number of carbonyl (C=O) groups is 1. The summed E-state index contributed by atoms with van der Waals surface area (Å²) >= 11 is 1.66. The predicted octanol–water partition coefficient (Wildman–Crippen LogP) is 2.98. The van der Waals surface area contributed by atoms with Crippen LogP contribution in [0, 0.1) is 6.92 Å². The third-order valence-electron chi connectivity index (χ3n) is 5.35. The van der Waals surface area contributed by atoms with Crippen LogP contribution in [0.1, 0.15) is 24.0 Å². The van der Waals surface area contributed by atoms with Crippen molar-refractivity contribution in [2.75, 3.05) is 13.1 Å². The molecule has 1 saturated heterocycles. The number of piperidine rings is 1. The number of benzene rings is 2. The number of hydrogen-bond donors (Lipinski definition) is 1. The molecular weight excluding hydrogens is 392 g/mol. The first-order valence-electron chi connectivity index (χ1n) is 9.55. The average Bonchev–Trinajstić information content (AvgIpc) is 3.11. The smallest absolute Gasteiger partial charge is 0.240 e. The van der Waals surface area contributed by atoms with Crippen molar-refractivity contribution in [1.29, 1.82) is 0 Å². The van der Waals surface area contributed by atoms with Gasteiger partial charge in [-0.05, 0) is 49.9 Å². The monoisotopic (exact) mass is 416 g/mol. The molecule has 2 aliphatic heterocycles. The molecule has 1 amide bonds. The van der Waals surface area contributed by atoms with Crippen LogP contribution in [-0.4, -0.2) is 43.6 Å². The van der Waals surface area contributed by atoms with Crippen LogP contribution in [0.3, 0.4) is 0 Å². The molecule has 148 valence electrons. The van der Waals surface area contributed by atoms with E-state index in [4.69, 9.17) is 0 Å². The molecule has 2 aromatic carbocycles. The summed E-state index contributed by atoms with van der Waals surface area (Å²) in [6.45, 7) is 3.25. The molecule has 0 bridgehead atoms. The summed E-state index contributed by atoms with van der Waals surface area (Å²) in [4.78, 5) is 16.3. The summed E-state index contributed by atoms with van der Waals surface area (Å²) in [6, 6.07) is 14.7. The molecule has 2 aliphatic rings. The molecule has 1 N–H and O–H groups in total. The molecule has 4 rings (SSSR count). The largest absolute Gasteiger partial charge is 0.342 e. The highest BCUT2D eigenvalue weighted by molar-refractivity contribution is 8.01. The summed E-state index contributed by atoms with van der Waals surface area (Å²) < 4.78 is 27.8. The van der Waals surface area contributed by atoms with Crippen LogP contribution in [0.25, 0.3) is 0 Å². The number of thioether (sulfide) groups is 1. The van der Waals surface area contributed by atoms with Gasteiger partial charge >= 0.3 is 0 Å². The lowest BCUT2D eigenvalue weighted by atomic mass is 10.0. The Balaban J connectivity index is 1.33. The fraction of sp³-hybridized carbons (Fsp3) is 0.381. The minimum absolute atomic E-state index is 0.0608. The first-order valence-corrected chi connectivity index (χ1v) is 11.9. The van der Waals surface area contributed by atoms with Crippen LogP contribution < -0.4 is 4.72 Å². The van der Waals surface area contributed by atoms with Gasteiger partial charge in [0.25, 0.3) is 0 Å². The van der Waals surface area contributed by atoms with E-state index in [1.807, 2.05) is 4.90 Å². The normalized spacial score (nSPS) is 20.2. The summed E-state index contributed by atoms with van der Waals surface area (Å²) in [6.07, 6.45) is 2.06. The van der Waals surface area contributed by atoms with Crippen molar-refractivity contribution in [2.45, 2.75) is 47.3 Å². The van der Waals surface area contributed by atoms with E-state index in [0.29, 0.717) is 25.9 Å². The van der Waals surface area contributed by atoms with Crippen molar-refractivity contribution in [3.05, 3.63) is 59.7 Å². The Morgan fingerprint density at radius 2 is 1.82 bits per heavy atom. The molecule has 28 heavy (non-hydrogen) atoms. The molecule has 0 spiro atoms. The summed E-state index contributed by atoms with van der Waals surface area (Å²) in [7, 11) is -3.51. The standard InChI is InChI=1S/C21H24N2O3S2/c1-15-7-8-16-14-20(27-19(16)13-15)21(24)23-11-9-17(10-12-23)22-28(25,26)18-5-3-2-4-6-18/h2-8,13,17,20,22H,9-12,14H2,1H3. The zero-order chi connectivity index (χ0) is 19.7. The quantitative estimate of drug-likeness (QED) is 0.832. The SMILES string of the molecule is Cc1ccc2c(c1)SC(C(=O)N1CCC(NS(=O)(=O)c3ccccc3)CC1)C2. The predicted molar refractivity (Wildman–Crippen MR) is 111 cm³/mol. The molecule has 2 heterocycles. The average molecular weight is 417 g/mol. The van der Waals surface area contributed by atoms with Gasteiger partial charge in [-0.1, -0.05) is 35.9 Å². The van der Waals surface area contributed by atoms with E-state index in [0.717, 1.165) is 6.42 Å². The minimum Gasteiger partial charge on any atom is -0.342 e. The van der Waals surface area contributed by atoms with Gasteiger partial charge in [0.05, 0.1) is 10.1 Å². The van der Waals surface area contributed by atoms with Crippen molar-refractivity contribution in [2.24, 2.45) is 0 Å². The van der Waals surface area contributed by atoms with Crippen LogP contribution in [0.4, 0.5) is 0 Å².